The summed E-state index contributed by atoms with van der Waals surface area (Å²) in [7, 11) is 0. The first-order chi connectivity index (χ1) is 16.9. The second-order valence-electron chi connectivity index (χ2n) is 9.00. The summed E-state index contributed by atoms with van der Waals surface area (Å²) in [6.45, 7) is 13.8. The average Bonchev–Trinajstić information content (AvgIpc) is 2.90. The van der Waals surface area contributed by atoms with Crippen molar-refractivity contribution in [1.82, 2.24) is 14.7 Å². The molecule has 0 aromatic heterocycles. The lowest BCUT2D eigenvalue weighted by atomic mass is 10.1. The summed E-state index contributed by atoms with van der Waals surface area (Å²) >= 11 is 0. The van der Waals surface area contributed by atoms with Gasteiger partial charge >= 0.3 is 0 Å². The molecule has 2 heterocycles. The molecule has 2 aromatic rings. The Balaban J connectivity index is 1.51. The summed E-state index contributed by atoms with van der Waals surface area (Å²) in [6.07, 6.45) is 5.72. The zero-order valence-corrected chi connectivity index (χ0v) is 20.6. The minimum atomic E-state index is 0.0769. The maximum Gasteiger partial charge on any atom is 0.253 e. The molecule has 2 aromatic carbocycles. The van der Waals surface area contributed by atoms with Crippen molar-refractivity contribution in [1.29, 1.82) is 5.26 Å². The van der Waals surface area contributed by atoms with E-state index in [2.05, 4.69) is 36.4 Å². The predicted molar refractivity (Wildman–Crippen MR) is 141 cm³/mol. The number of hydrogen-bond acceptors (Lipinski definition) is 5. The number of amides is 1. The van der Waals surface area contributed by atoms with Crippen LogP contribution in [0.5, 0.6) is 0 Å². The predicted octanol–water partition coefficient (Wildman–Crippen LogP) is 4.98. The van der Waals surface area contributed by atoms with Gasteiger partial charge in [-0.25, -0.2) is 0 Å². The Kier molecular flexibility index (Phi) is 7.28. The average molecular weight is 466 g/mol. The number of allylic oxidation sites excluding steroid dienone is 2. The van der Waals surface area contributed by atoms with E-state index in [0.717, 1.165) is 54.4 Å². The van der Waals surface area contributed by atoms with Crippen LogP contribution in [0.1, 0.15) is 47.8 Å². The molecule has 0 N–H and O–H groups in total. The van der Waals surface area contributed by atoms with Crippen LogP contribution in [0.3, 0.4) is 0 Å². The van der Waals surface area contributed by atoms with Gasteiger partial charge in [0.15, 0.2) is 0 Å². The molecule has 4 rings (SSSR count). The summed E-state index contributed by atoms with van der Waals surface area (Å²) in [5, 5.41) is 9.09. The topological polar surface area (TPSA) is 62.9 Å². The number of carbonyl (C=O) groups excluding carboxylic acids is 1. The normalized spacial score (nSPS) is 16.9. The van der Waals surface area contributed by atoms with Crippen molar-refractivity contribution in [3.8, 4) is 6.07 Å². The zero-order chi connectivity index (χ0) is 24.9. The lowest BCUT2D eigenvalue weighted by molar-refractivity contribution is 0.0595. The highest BCUT2D eigenvalue weighted by Gasteiger charge is 2.23. The van der Waals surface area contributed by atoms with Crippen molar-refractivity contribution in [3.63, 3.8) is 0 Å². The molecule has 35 heavy (non-hydrogen) atoms. The highest BCUT2D eigenvalue weighted by molar-refractivity contribution is 5.95. The maximum absolute atomic E-state index is 13.0. The first-order valence-corrected chi connectivity index (χ1v) is 12.0. The third-order valence-corrected chi connectivity index (χ3v) is 6.52. The number of nitriles is 1. The van der Waals surface area contributed by atoms with E-state index in [4.69, 9.17) is 5.26 Å². The standard InChI is InChI=1S/C29H31N5O/c1-5-28(25-8-6-23(18-30)7-9-25)34-20-27(31-19-22(34)4)24-10-12-26(13-11-24)29(35)33-16-14-32(15-17-33)21(2)3/h5-13,19-21H,4,14-17H2,1-3H3/b28-5-. The molecule has 2 aliphatic rings. The second-order valence-corrected chi connectivity index (χ2v) is 9.00. The third kappa shape index (κ3) is 5.26. The summed E-state index contributed by atoms with van der Waals surface area (Å²) in [5.74, 6) is 0.0769. The van der Waals surface area contributed by atoms with Crippen LogP contribution in [0.15, 0.2) is 78.1 Å². The highest BCUT2D eigenvalue weighted by atomic mass is 16.2. The van der Waals surface area contributed by atoms with E-state index < -0.39 is 0 Å². The number of nitrogens with zero attached hydrogens (tertiary/aromatic N) is 5. The SMILES string of the molecule is C=C1C=NC(c2ccc(C(=O)N3CCN(C(C)C)CC3)cc2)=CN1/C(=C\C)c1ccc(C#N)cc1. The fraction of sp³-hybridized carbons (Fsp3) is 0.276. The van der Waals surface area contributed by atoms with Crippen LogP contribution in [-0.4, -0.2) is 59.0 Å². The van der Waals surface area contributed by atoms with E-state index in [9.17, 15) is 4.79 Å². The largest absolute Gasteiger partial charge is 0.336 e. The molecule has 0 atom stereocenters. The molecule has 1 fully saturated rings. The molecule has 6 heteroatoms. The van der Waals surface area contributed by atoms with Gasteiger partial charge in [-0.05, 0) is 50.6 Å². The molecule has 0 unspecified atom stereocenters. The molecule has 0 aliphatic carbocycles. The molecule has 1 amide bonds. The first kappa shape index (κ1) is 24.2. The molecule has 1 saturated heterocycles. The van der Waals surface area contributed by atoms with Gasteiger partial charge in [-0.2, -0.15) is 5.26 Å². The van der Waals surface area contributed by atoms with Crippen molar-refractivity contribution < 1.29 is 4.79 Å². The van der Waals surface area contributed by atoms with Crippen LogP contribution < -0.4 is 0 Å². The lowest BCUT2D eigenvalue weighted by Crippen LogP contribution is -2.50. The minimum Gasteiger partial charge on any atom is -0.336 e. The van der Waals surface area contributed by atoms with E-state index in [1.54, 1.807) is 6.21 Å². The fourth-order valence-corrected chi connectivity index (χ4v) is 4.39. The number of carbonyl (C=O) groups is 1. The number of hydrogen-bond donors (Lipinski definition) is 0. The van der Waals surface area contributed by atoms with Crippen LogP contribution in [0.2, 0.25) is 0 Å². The molecular formula is C29H31N5O. The summed E-state index contributed by atoms with van der Waals surface area (Å²) < 4.78 is 0. The summed E-state index contributed by atoms with van der Waals surface area (Å²) in [6, 6.07) is 17.8. The van der Waals surface area contributed by atoms with Gasteiger partial charge < -0.3 is 9.80 Å². The van der Waals surface area contributed by atoms with Crippen LogP contribution in [0.4, 0.5) is 0 Å². The molecule has 2 aliphatic heterocycles. The van der Waals surface area contributed by atoms with E-state index in [0.29, 0.717) is 17.2 Å². The molecular weight excluding hydrogens is 434 g/mol. The number of benzene rings is 2. The van der Waals surface area contributed by atoms with E-state index in [1.165, 1.54) is 0 Å². The van der Waals surface area contributed by atoms with Gasteiger partial charge in [0.1, 0.15) is 0 Å². The van der Waals surface area contributed by atoms with Gasteiger partial charge in [0, 0.05) is 55.2 Å². The van der Waals surface area contributed by atoms with E-state index >= 15 is 0 Å². The number of piperazine rings is 1. The van der Waals surface area contributed by atoms with Crippen molar-refractivity contribution >= 4 is 23.5 Å². The van der Waals surface area contributed by atoms with Gasteiger partial charge in [0.25, 0.3) is 5.91 Å². The molecule has 0 spiro atoms. The Hall–Kier alpha value is -3.95. The van der Waals surface area contributed by atoms with Crippen LogP contribution in [-0.2, 0) is 0 Å². The minimum absolute atomic E-state index is 0.0769. The van der Waals surface area contributed by atoms with Gasteiger partial charge in [0.2, 0.25) is 0 Å². The zero-order valence-electron chi connectivity index (χ0n) is 20.6. The van der Waals surface area contributed by atoms with Crippen molar-refractivity contribution in [2.75, 3.05) is 26.2 Å². The third-order valence-electron chi connectivity index (χ3n) is 6.52. The van der Waals surface area contributed by atoms with Crippen molar-refractivity contribution in [2.24, 2.45) is 4.99 Å². The number of rotatable bonds is 5. The Morgan fingerprint density at radius 2 is 1.66 bits per heavy atom. The second kappa shape index (κ2) is 10.5. The van der Waals surface area contributed by atoms with Gasteiger partial charge in [-0.1, -0.05) is 36.9 Å². The Morgan fingerprint density at radius 1 is 1.03 bits per heavy atom. The van der Waals surface area contributed by atoms with Crippen LogP contribution >= 0.6 is 0 Å². The quantitative estimate of drug-likeness (QED) is 0.625. The van der Waals surface area contributed by atoms with E-state index in [-0.39, 0.29) is 5.91 Å². The van der Waals surface area contributed by atoms with E-state index in [1.807, 2.05) is 77.5 Å². The number of aliphatic imine (C=N–C) groups is 1. The van der Waals surface area contributed by atoms with Crippen LogP contribution in [0.25, 0.3) is 11.4 Å². The monoisotopic (exact) mass is 465 g/mol. The molecule has 6 nitrogen and oxygen atoms in total. The van der Waals surface area contributed by atoms with Crippen molar-refractivity contribution in [2.45, 2.75) is 26.8 Å². The van der Waals surface area contributed by atoms with Crippen molar-refractivity contribution in [3.05, 3.63) is 95.3 Å². The van der Waals surface area contributed by atoms with Crippen LogP contribution in [0, 0.1) is 11.3 Å². The van der Waals surface area contributed by atoms with Gasteiger partial charge in [-0.3, -0.25) is 14.7 Å². The van der Waals surface area contributed by atoms with Gasteiger partial charge in [0.05, 0.1) is 29.2 Å². The van der Waals surface area contributed by atoms with Gasteiger partial charge in [-0.15, -0.1) is 0 Å². The highest BCUT2D eigenvalue weighted by Crippen LogP contribution is 2.30. The molecule has 178 valence electrons. The Labute approximate surface area is 207 Å². The lowest BCUT2D eigenvalue weighted by Gasteiger charge is -2.37. The fourth-order valence-electron chi connectivity index (χ4n) is 4.39. The molecule has 0 bridgehead atoms. The first-order valence-electron chi connectivity index (χ1n) is 12.0. The summed E-state index contributed by atoms with van der Waals surface area (Å²) in [5.41, 5.74) is 5.72. The Bertz CT molecular complexity index is 1220. The Morgan fingerprint density at radius 3 is 2.23 bits per heavy atom. The molecule has 0 saturated carbocycles. The molecule has 0 radical (unpaired) electrons. The smallest absolute Gasteiger partial charge is 0.253 e. The maximum atomic E-state index is 13.0. The summed E-state index contributed by atoms with van der Waals surface area (Å²) in [4.78, 5) is 23.9.